The zero-order valence-corrected chi connectivity index (χ0v) is 14.7. The fourth-order valence-corrected chi connectivity index (χ4v) is 6.11. The van der Waals surface area contributed by atoms with Crippen LogP contribution in [0, 0.1) is 0 Å². The minimum Gasteiger partial charge on any atom is -0.326 e. The topological polar surface area (TPSA) is 66.5 Å². The Labute approximate surface area is 145 Å². The summed E-state index contributed by atoms with van der Waals surface area (Å²) in [5.41, 5.74) is 1.61. The Morgan fingerprint density at radius 3 is 2.88 bits per heavy atom. The number of nitrogens with one attached hydrogen (secondary N) is 1. The van der Waals surface area contributed by atoms with Crippen molar-refractivity contribution < 1.29 is 13.2 Å². The monoisotopic (exact) mass is 362 g/mol. The molecule has 5 nitrogen and oxygen atoms in total. The van der Waals surface area contributed by atoms with Gasteiger partial charge in [0.15, 0.2) is 0 Å². The van der Waals surface area contributed by atoms with Crippen LogP contribution in [-0.2, 0) is 21.2 Å². The van der Waals surface area contributed by atoms with Gasteiger partial charge in [-0.25, -0.2) is 8.42 Å². The molecule has 1 N–H and O–H groups in total. The molecule has 0 bridgehead atoms. The van der Waals surface area contributed by atoms with E-state index >= 15 is 0 Å². The van der Waals surface area contributed by atoms with E-state index in [2.05, 4.69) is 5.32 Å². The Bertz CT molecular complexity index is 875. The first-order chi connectivity index (χ1) is 11.6. The van der Waals surface area contributed by atoms with E-state index in [0.717, 1.165) is 29.0 Å². The maximum absolute atomic E-state index is 13.1. The number of anilines is 1. The van der Waals surface area contributed by atoms with Gasteiger partial charge in [0, 0.05) is 23.5 Å². The van der Waals surface area contributed by atoms with Crippen molar-refractivity contribution in [1.29, 1.82) is 0 Å². The van der Waals surface area contributed by atoms with Crippen LogP contribution in [0.3, 0.4) is 0 Å². The summed E-state index contributed by atoms with van der Waals surface area (Å²) in [5.74, 6) is -0.0181. The molecule has 1 unspecified atom stereocenters. The second-order valence-corrected chi connectivity index (χ2v) is 9.03. The number of sulfonamides is 1. The summed E-state index contributed by atoms with van der Waals surface area (Å²) < 4.78 is 27.9. The zero-order valence-electron chi connectivity index (χ0n) is 13.1. The van der Waals surface area contributed by atoms with E-state index < -0.39 is 10.0 Å². The van der Waals surface area contributed by atoms with Gasteiger partial charge in [-0.2, -0.15) is 4.31 Å². The largest absolute Gasteiger partial charge is 0.326 e. The molecule has 1 saturated heterocycles. The summed E-state index contributed by atoms with van der Waals surface area (Å²) in [6, 6.07) is 8.93. The minimum atomic E-state index is -3.53. The molecule has 24 heavy (non-hydrogen) atoms. The van der Waals surface area contributed by atoms with Gasteiger partial charge >= 0.3 is 0 Å². The van der Waals surface area contributed by atoms with E-state index in [4.69, 9.17) is 0 Å². The lowest BCUT2D eigenvalue weighted by atomic mass is 10.0. The van der Waals surface area contributed by atoms with Gasteiger partial charge in [-0.3, -0.25) is 4.79 Å². The molecule has 4 rings (SSSR count). The van der Waals surface area contributed by atoms with Crippen LogP contribution in [0.25, 0.3) is 0 Å². The van der Waals surface area contributed by atoms with Crippen molar-refractivity contribution >= 4 is 33.0 Å². The highest BCUT2D eigenvalue weighted by Gasteiger charge is 2.37. The summed E-state index contributed by atoms with van der Waals surface area (Å²) in [4.78, 5) is 12.9. The summed E-state index contributed by atoms with van der Waals surface area (Å²) >= 11 is 1.60. The average Bonchev–Trinajstić information content (AvgIpc) is 3.25. The molecule has 2 aliphatic heterocycles. The molecule has 3 heterocycles. The Morgan fingerprint density at radius 2 is 2.08 bits per heavy atom. The molecule has 0 radical (unpaired) electrons. The maximum Gasteiger partial charge on any atom is 0.243 e. The van der Waals surface area contributed by atoms with Crippen LogP contribution in [-0.4, -0.2) is 25.2 Å². The van der Waals surface area contributed by atoms with Gasteiger partial charge in [0.05, 0.1) is 10.9 Å². The third kappa shape index (κ3) is 2.66. The lowest BCUT2D eigenvalue weighted by Gasteiger charge is -2.24. The molecule has 1 aromatic carbocycles. The number of carbonyl (C=O) groups excluding carboxylic acids is 1. The molecule has 2 aromatic rings. The fourth-order valence-electron chi connectivity index (χ4n) is 3.45. The number of carbonyl (C=O) groups is 1. The van der Waals surface area contributed by atoms with Crippen molar-refractivity contribution in [3.63, 3.8) is 0 Å². The van der Waals surface area contributed by atoms with Crippen LogP contribution in [0.1, 0.15) is 35.7 Å². The van der Waals surface area contributed by atoms with Crippen LogP contribution in [0.4, 0.5) is 5.69 Å². The summed E-state index contributed by atoms with van der Waals surface area (Å²) in [6.07, 6.45) is 2.72. The van der Waals surface area contributed by atoms with E-state index in [-0.39, 0.29) is 11.9 Å². The van der Waals surface area contributed by atoms with Gasteiger partial charge in [-0.05, 0) is 54.5 Å². The number of nitrogens with zero attached hydrogens (tertiary/aromatic N) is 1. The number of aryl methyl sites for hydroxylation is 1. The molecule has 0 saturated carbocycles. The second-order valence-electron chi connectivity index (χ2n) is 6.16. The lowest BCUT2D eigenvalue weighted by Crippen LogP contribution is -2.30. The van der Waals surface area contributed by atoms with E-state index in [0.29, 0.717) is 24.3 Å². The number of fused-ring (bicyclic) bond motifs is 1. The Hall–Kier alpha value is -1.70. The van der Waals surface area contributed by atoms with Crippen molar-refractivity contribution in [3.05, 3.63) is 46.2 Å². The Morgan fingerprint density at radius 1 is 1.21 bits per heavy atom. The van der Waals surface area contributed by atoms with Crippen molar-refractivity contribution in [2.75, 3.05) is 11.9 Å². The van der Waals surface area contributed by atoms with Crippen LogP contribution >= 0.6 is 11.3 Å². The first kappa shape index (κ1) is 15.8. The highest BCUT2D eigenvalue weighted by Crippen LogP contribution is 2.39. The normalized spacial score (nSPS) is 21.5. The number of hydrogen-bond acceptors (Lipinski definition) is 4. The highest BCUT2D eigenvalue weighted by atomic mass is 32.2. The van der Waals surface area contributed by atoms with Gasteiger partial charge in [0.25, 0.3) is 0 Å². The van der Waals surface area contributed by atoms with Crippen molar-refractivity contribution in [2.45, 2.75) is 36.6 Å². The molecule has 126 valence electrons. The predicted molar refractivity (Wildman–Crippen MR) is 93.6 cm³/mol. The highest BCUT2D eigenvalue weighted by molar-refractivity contribution is 7.89. The van der Waals surface area contributed by atoms with Gasteiger partial charge in [0.2, 0.25) is 15.9 Å². The summed E-state index contributed by atoms with van der Waals surface area (Å²) in [7, 11) is -3.53. The second kappa shape index (κ2) is 5.98. The third-order valence-corrected chi connectivity index (χ3v) is 7.53. The van der Waals surface area contributed by atoms with Crippen LogP contribution in [0.5, 0.6) is 0 Å². The van der Waals surface area contributed by atoms with Gasteiger partial charge < -0.3 is 5.32 Å². The molecule has 1 aromatic heterocycles. The Balaban J connectivity index is 1.69. The molecule has 2 aliphatic rings. The quantitative estimate of drug-likeness (QED) is 0.912. The number of hydrogen-bond donors (Lipinski definition) is 1. The minimum absolute atomic E-state index is 0.0181. The van der Waals surface area contributed by atoms with Crippen LogP contribution < -0.4 is 5.32 Å². The first-order valence-electron chi connectivity index (χ1n) is 8.04. The van der Waals surface area contributed by atoms with E-state index in [1.54, 1.807) is 33.8 Å². The van der Waals surface area contributed by atoms with Crippen molar-refractivity contribution in [3.8, 4) is 0 Å². The number of amides is 1. The standard InChI is InChI=1S/C17H18N2O3S2/c20-17-8-5-12-11-13(6-7-14(12)18-17)24(21,22)19-9-1-3-15(19)16-4-2-10-23-16/h2,4,6-7,10-11,15H,1,3,5,8-9H2,(H,18,20). The molecule has 0 aliphatic carbocycles. The smallest absolute Gasteiger partial charge is 0.243 e. The van der Waals surface area contributed by atoms with Gasteiger partial charge in [0.1, 0.15) is 0 Å². The van der Waals surface area contributed by atoms with Gasteiger partial charge in [-0.15, -0.1) is 11.3 Å². The van der Waals surface area contributed by atoms with Crippen molar-refractivity contribution in [2.24, 2.45) is 0 Å². The first-order valence-corrected chi connectivity index (χ1v) is 10.4. The van der Waals surface area contributed by atoms with Crippen LogP contribution in [0.2, 0.25) is 0 Å². The molecule has 1 atom stereocenters. The molecule has 1 amide bonds. The molecule has 7 heteroatoms. The summed E-state index contributed by atoms with van der Waals surface area (Å²) in [6.45, 7) is 0.554. The number of thiophene rings is 1. The zero-order chi connectivity index (χ0) is 16.7. The molecule has 0 spiro atoms. The molecular weight excluding hydrogens is 344 g/mol. The van der Waals surface area contributed by atoms with Crippen molar-refractivity contribution in [1.82, 2.24) is 4.31 Å². The van der Waals surface area contributed by atoms with E-state index in [9.17, 15) is 13.2 Å². The van der Waals surface area contributed by atoms with Gasteiger partial charge in [-0.1, -0.05) is 6.07 Å². The summed E-state index contributed by atoms with van der Waals surface area (Å²) in [5, 5.41) is 4.78. The number of rotatable bonds is 3. The third-order valence-electron chi connectivity index (χ3n) is 4.65. The van der Waals surface area contributed by atoms with Crippen LogP contribution in [0.15, 0.2) is 40.6 Å². The molecule has 1 fully saturated rings. The average molecular weight is 362 g/mol. The fraction of sp³-hybridized carbons (Fsp3) is 0.353. The van der Waals surface area contributed by atoms with E-state index in [1.807, 2.05) is 17.5 Å². The molecular formula is C17H18N2O3S2. The predicted octanol–water partition coefficient (Wildman–Crippen LogP) is 3.16. The Kier molecular flexibility index (Phi) is 3.94. The van der Waals surface area contributed by atoms with E-state index in [1.165, 1.54) is 0 Å². The maximum atomic E-state index is 13.1. The SMILES string of the molecule is O=C1CCc2cc(S(=O)(=O)N3CCCC3c3cccs3)ccc2N1. The lowest BCUT2D eigenvalue weighted by molar-refractivity contribution is -0.116. The number of benzene rings is 1.